The van der Waals surface area contributed by atoms with Crippen LogP contribution in [0.3, 0.4) is 0 Å². The lowest BCUT2D eigenvalue weighted by atomic mass is 10.2. The molecule has 0 saturated heterocycles. The van der Waals surface area contributed by atoms with Gasteiger partial charge in [0.05, 0.1) is 13.2 Å². The lowest BCUT2D eigenvalue weighted by molar-refractivity contribution is 0.0500. The highest BCUT2D eigenvalue weighted by Crippen LogP contribution is 2.36. The van der Waals surface area contributed by atoms with E-state index in [2.05, 4.69) is 0 Å². The Hall–Kier alpha value is -1.60. The number of hydrogen-bond donors (Lipinski definition) is 0. The average molecular weight is 349 g/mol. The minimum atomic E-state index is -1.10. The molecule has 22 heavy (non-hydrogen) atoms. The summed E-state index contributed by atoms with van der Waals surface area (Å²) in [6, 6.07) is 0. The van der Waals surface area contributed by atoms with Gasteiger partial charge in [-0.3, -0.25) is 0 Å². The second-order valence-electron chi connectivity index (χ2n) is 4.33. The summed E-state index contributed by atoms with van der Waals surface area (Å²) < 4.78 is 14.9. The van der Waals surface area contributed by atoms with Gasteiger partial charge in [-0.1, -0.05) is 13.8 Å². The fraction of sp³-hybridized carbons (Fsp3) is 0.500. The van der Waals surface area contributed by atoms with Gasteiger partial charge in [0.15, 0.2) is 10.6 Å². The highest BCUT2D eigenvalue weighted by atomic mass is 35.5. The summed E-state index contributed by atoms with van der Waals surface area (Å²) in [6.07, 6.45) is 1.32. The van der Waals surface area contributed by atoms with Gasteiger partial charge >= 0.3 is 17.4 Å². The van der Waals surface area contributed by atoms with Crippen LogP contribution in [0.5, 0.6) is 5.75 Å². The van der Waals surface area contributed by atoms with Gasteiger partial charge in [0.1, 0.15) is 4.88 Å². The van der Waals surface area contributed by atoms with Crippen LogP contribution < -0.4 is 4.74 Å². The molecule has 1 aromatic rings. The van der Waals surface area contributed by atoms with Crippen LogP contribution in [0.1, 0.15) is 51.6 Å². The van der Waals surface area contributed by atoms with E-state index in [1.165, 1.54) is 0 Å². The van der Waals surface area contributed by atoms with Crippen LogP contribution in [0.25, 0.3) is 0 Å². The van der Waals surface area contributed by atoms with E-state index < -0.39 is 17.4 Å². The van der Waals surface area contributed by atoms with E-state index in [0.29, 0.717) is 18.4 Å². The van der Waals surface area contributed by atoms with Gasteiger partial charge in [-0.2, -0.15) is 0 Å². The Kier molecular flexibility index (Phi) is 7.34. The van der Waals surface area contributed by atoms with Crippen molar-refractivity contribution in [3.05, 3.63) is 15.3 Å². The van der Waals surface area contributed by atoms with Gasteiger partial charge in [0.25, 0.3) is 0 Å². The molecule has 0 fully saturated rings. The number of halogens is 1. The number of carbonyl (C=O) groups is 3. The normalized spacial score (nSPS) is 10.2. The Labute approximate surface area is 137 Å². The van der Waals surface area contributed by atoms with E-state index in [1.54, 1.807) is 6.92 Å². The molecule has 0 aliphatic rings. The molecule has 0 amide bonds. The van der Waals surface area contributed by atoms with Gasteiger partial charge in [-0.05, 0) is 19.8 Å². The van der Waals surface area contributed by atoms with Crippen molar-refractivity contribution in [2.75, 3.05) is 13.2 Å². The van der Waals surface area contributed by atoms with Crippen molar-refractivity contribution in [2.45, 2.75) is 33.6 Å². The topological polar surface area (TPSA) is 78.9 Å². The SMILES string of the molecule is CCCOC(=O)c1sc(C(=O)OCCC)c(OC(=O)Cl)c1C. The van der Waals surface area contributed by atoms with Gasteiger partial charge < -0.3 is 14.2 Å². The molecule has 1 heterocycles. The lowest BCUT2D eigenvalue weighted by Crippen LogP contribution is -2.07. The molecular formula is C14H17ClO6S. The largest absolute Gasteiger partial charge is 0.462 e. The maximum atomic E-state index is 12.0. The second-order valence-corrected chi connectivity index (χ2v) is 5.66. The summed E-state index contributed by atoms with van der Waals surface area (Å²) >= 11 is 6.07. The molecule has 0 saturated carbocycles. The van der Waals surface area contributed by atoms with E-state index in [1.807, 2.05) is 13.8 Å². The first kappa shape index (κ1) is 18.4. The molecule has 0 spiro atoms. The fourth-order valence-electron chi connectivity index (χ4n) is 1.55. The minimum absolute atomic E-state index is 0.0170. The molecule has 0 radical (unpaired) electrons. The average Bonchev–Trinajstić information content (AvgIpc) is 2.79. The maximum Gasteiger partial charge on any atom is 0.409 e. The molecule has 0 bridgehead atoms. The second kappa shape index (κ2) is 8.75. The van der Waals surface area contributed by atoms with Gasteiger partial charge in [-0.15, -0.1) is 11.3 Å². The van der Waals surface area contributed by atoms with Gasteiger partial charge in [-0.25, -0.2) is 14.4 Å². The Morgan fingerprint density at radius 1 is 1.00 bits per heavy atom. The summed E-state index contributed by atoms with van der Waals surface area (Å²) in [5, 5.41) is 0. The van der Waals surface area contributed by atoms with Crippen LogP contribution in [-0.2, 0) is 9.47 Å². The molecule has 8 heteroatoms. The minimum Gasteiger partial charge on any atom is -0.462 e. The number of hydrogen-bond acceptors (Lipinski definition) is 7. The van der Waals surface area contributed by atoms with E-state index in [9.17, 15) is 14.4 Å². The summed E-state index contributed by atoms with van der Waals surface area (Å²) in [7, 11) is 0. The van der Waals surface area contributed by atoms with Crippen molar-refractivity contribution < 1.29 is 28.6 Å². The maximum absolute atomic E-state index is 12.0. The van der Waals surface area contributed by atoms with Crippen LogP contribution in [0.4, 0.5) is 4.79 Å². The van der Waals surface area contributed by atoms with Crippen LogP contribution in [-0.4, -0.2) is 30.6 Å². The zero-order valence-electron chi connectivity index (χ0n) is 12.6. The van der Waals surface area contributed by atoms with Crippen molar-refractivity contribution in [3.63, 3.8) is 0 Å². The van der Waals surface area contributed by atoms with E-state index in [4.69, 9.17) is 25.8 Å². The van der Waals surface area contributed by atoms with Crippen molar-refractivity contribution in [2.24, 2.45) is 0 Å². The van der Waals surface area contributed by atoms with Crippen molar-refractivity contribution in [1.29, 1.82) is 0 Å². The number of esters is 2. The van der Waals surface area contributed by atoms with E-state index in [-0.39, 0.29) is 28.7 Å². The molecule has 0 atom stereocenters. The van der Waals surface area contributed by atoms with Crippen molar-refractivity contribution >= 4 is 40.3 Å². The lowest BCUT2D eigenvalue weighted by Gasteiger charge is -2.04. The smallest absolute Gasteiger partial charge is 0.409 e. The Morgan fingerprint density at radius 3 is 1.95 bits per heavy atom. The Balaban J connectivity index is 3.15. The fourth-order valence-corrected chi connectivity index (χ4v) is 2.65. The van der Waals surface area contributed by atoms with Crippen molar-refractivity contribution in [3.8, 4) is 5.75 Å². The van der Waals surface area contributed by atoms with E-state index in [0.717, 1.165) is 11.3 Å². The summed E-state index contributed by atoms with van der Waals surface area (Å²) in [5.74, 6) is -1.31. The summed E-state index contributed by atoms with van der Waals surface area (Å²) in [5.41, 5.74) is -0.775. The van der Waals surface area contributed by atoms with Gasteiger partial charge in [0.2, 0.25) is 0 Å². The molecule has 6 nitrogen and oxygen atoms in total. The molecule has 0 aromatic carbocycles. The zero-order valence-corrected chi connectivity index (χ0v) is 14.1. The molecule has 0 aliphatic heterocycles. The van der Waals surface area contributed by atoms with E-state index >= 15 is 0 Å². The molecule has 1 aromatic heterocycles. The molecule has 0 aliphatic carbocycles. The highest BCUT2D eigenvalue weighted by Gasteiger charge is 2.28. The molecule has 0 unspecified atom stereocenters. The van der Waals surface area contributed by atoms with Crippen LogP contribution >= 0.6 is 22.9 Å². The van der Waals surface area contributed by atoms with Crippen molar-refractivity contribution in [1.82, 2.24) is 0 Å². The van der Waals surface area contributed by atoms with Gasteiger partial charge in [0, 0.05) is 17.2 Å². The summed E-state index contributed by atoms with van der Waals surface area (Å²) in [6.45, 7) is 5.74. The predicted molar refractivity (Wildman–Crippen MR) is 82.1 cm³/mol. The quantitative estimate of drug-likeness (QED) is 0.548. The Morgan fingerprint density at radius 2 is 1.50 bits per heavy atom. The first-order chi connectivity index (χ1) is 10.4. The highest BCUT2D eigenvalue weighted by molar-refractivity contribution is 7.16. The van der Waals surface area contributed by atoms with Crippen LogP contribution in [0.15, 0.2) is 0 Å². The number of carbonyl (C=O) groups excluding carboxylic acids is 3. The molecule has 122 valence electrons. The predicted octanol–water partition coefficient (Wildman–Crippen LogP) is 3.93. The summed E-state index contributed by atoms with van der Waals surface area (Å²) in [4.78, 5) is 35.2. The van der Waals surface area contributed by atoms with Crippen LogP contribution in [0, 0.1) is 6.92 Å². The standard InChI is InChI=1S/C14H17ClO6S/c1-4-6-19-12(16)10-8(3)9(21-14(15)18)11(22-10)13(17)20-7-5-2/h4-7H2,1-3H3. The number of ether oxygens (including phenoxy) is 3. The first-order valence-electron chi connectivity index (χ1n) is 6.77. The third-order valence-electron chi connectivity index (χ3n) is 2.52. The monoisotopic (exact) mass is 348 g/mol. The number of rotatable bonds is 7. The van der Waals surface area contributed by atoms with Crippen LogP contribution in [0.2, 0.25) is 0 Å². The molecule has 1 rings (SSSR count). The number of thiophene rings is 1. The molecule has 0 N–H and O–H groups in total. The first-order valence-corrected chi connectivity index (χ1v) is 7.96. The third-order valence-corrected chi connectivity index (χ3v) is 3.83. The third kappa shape index (κ3) is 4.71. The molecular weight excluding hydrogens is 332 g/mol. The zero-order chi connectivity index (χ0) is 16.7. The Bertz CT molecular complexity index is 566.